The molecule has 0 radical (unpaired) electrons. The molecule has 0 aliphatic rings. The SMILES string of the molecule is CCN(Cc1ccco1)Cc1ccc(C(=O)O)cc1Br. The van der Waals surface area contributed by atoms with Gasteiger partial charge in [0.15, 0.2) is 0 Å². The van der Waals surface area contributed by atoms with Crippen molar-refractivity contribution in [2.75, 3.05) is 6.54 Å². The van der Waals surface area contributed by atoms with Crippen molar-refractivity contribution in [3.63, 3.8) is 0 Å². The third-order valence-electron chi connectivity index (χ3n) is 3.10. The highest BCUT2D eigenvalue weighted by atomic mass is 79.9. The number of nitrogens with zero attached hydrogens (tertiary/aromatic N) is 1. The zero-order valence-corrected chi connectivity index (χ0v) is 12.8. The molecule has 0 saturated heterocycles. The number of carboxylic acid groups (broad SMARTS) is 1. The number of hydrogen-bond donors (Lipinski definition) is 1. The maximum absolute atomic E-state index is 10.9. The number of aromatic carboxylic acids is 1. The Labute approximate surface area is 126 Å². The van der Waals surface area contributed by atoms with Gasteiger partial charge in [0.2, 0.25) is 0 Å². The van der Waals surface area contributed by atoms with Gasteiger partial charge in [0, 0.05) is 11.0 Å². The smallest absolute Gasteiger partial charge is 0.335 e. The van der Waals surface area contributed by atoms with E-state index in [9.17, 15) is 4.79 Å². The average Bonchev–Trinajstić information content (AvgIpc) is 2.92. The molecule has 2 rings (SSSR count). The number of halogens is 1. The molecule has 1 N–H and O–H groups in total. The zero-order chi connectivity index (χ0) is 14.5. The first-order valence-corrected chi connectivity index (χ1v) is 7.16. The van der Waals surface area contributed by atoms with E-state index in [-0.39, 0.29) is 5.56 Å². The Bertz CT molecular complexity index is 581. The number of furan rings is 1. The number of carbonyl (C=O) groups is 1. The molecule has 0 fully saturated rings. The molecule has 0 bridgehead atoms. The van der Waals surface area contributed by atoms with Crippen molar-refractivity contribution in [1.82, 2.24) is 4.90 Å². The van der Waals surface area contributed by atoms with E-state index < -0.39 is 5.97 Å². The van der Waals surface area contributed by atoms with E-state index in [2.05, 4.69) is 27.8 Å². The molecule has 0 saturated carbocycles. The quantitative estimate of drug-likeness (QED) is 0.871. The Kier molecular flexibility index (Phi) is 4.98. The van der Waals surface area contributed by atoms with Gasteiger partial charge in [-0.2, -0.15) is 0 Å². The van der Waals surface area contributed by atoms with Crippen LogP contribution in [0, 0.1) is 0 Å². The molecule has 0 amide bonds. The molecule has 2 aromatic rings. The maximum atomic E-state index is 10.9. The van der Waals surface area contributed by atoms with E-state index in [1.54, 1.807) is 18.4 Å². The van der Waals surface area contributed by atoms with Gasteiger partial charge < -0.3 is 9.52 Å². The number of carboxylic acids is 1. The van der Waals surface area contributed by atoms with Crippen LogP contribution < -0.4 is 0 Å². The fraction of sp³-hybridized carbons (Fsp3) is 0.267. The van der Waals surface area contributed by atoms with Crippen LogP contribution in [0.25, 0.3) is 0 Å². The van der Waals surface area contributed by atoms with Crippen LogP contribution in [-0.4, -0.2) is 22.5 Å². The summed E-state index contributed by atoms with van der Waals surface area (Å²) in [5.74, 6) is 0.00492. The van der Waals surface area contributed by atoms with Gasteiger partial charge in [-0.05, 0) is 36.4 Å². The lowest BCUT2D eigenvalue weighted by Gasteiger charge is -2.20. The fourth-order valence-electron chi connectivity index (χ4n) is 1.95. The highest BCUT2D eigenvalue weighted by molar-refractivity contribution is 9.10. The van der Waals surface area contributed by atoms with Crippen molar-refractivity contribution in [2.24, 2.45) is 0 Å². The maximum Gasteiger partial charge on any atom is 0.335 e. The molecular formula is C15H16BrNO3. The van der Waals surface area contributed by atoms with Gasteiger partial charge in [0.25, 0.3) is 0 Å². The molecule has 0 aliphatic carbocycles. The zero-order valence-electron chi connectivity index (χ0n) is 11.2. The summed E-state index contributed by atoms with van der Waals surface area (Å²) < 4.78 is 6.17. The third kappa shape index (κ3) is 3.71. The van der Waals surface area contributed by atoms with Crippen LogP contribution in [0.3, 0.4) is 0 Å². The molecule has 1 aromatic heterocycles. The summed E-state index contributed by atoms with van der Waals surface area (Å²) in [4.78, 5) is 13.1. The largest absolute Gasteiger partial charge is 0.478 e. The van der Waals surface area contributed by atoms with Gasteiger partial charge in [0.05, 0.1) is 18.4 Å². The topological polar surface area (TPSA) is 53.7 Å². The van der Waals surface area contributed by atoms with Crippen molar-refractivity contribution in [3.05, 3.63) is 58.0 Å². The van der Waals surface area contributed by atoms with Crippen molar-refractivity contribution < 1.29 is 14.3 Å². The first-order chi connectivity index (χ1) is 9.60. The minimum Gasteiger partial charge on any atom is -0.478 e. The molecule has 20 heavy (non-hydrogen) atoms. The van der Waals surface area contributed by atoms with E-state index in [0.29, 0.717) is 0 Å². The second kappa shape index (κ2) is 6.72. The first kappa shape index (κ1) is 14.8. The second-order valence-electron chi connectivity index (χ2n) is 4.49. The molecule has 106 valence electrons. The number of rotatable bonds is 6. The molecule has 0 spiro atoms. The molecular weight excluding hydrogens is 322 g/mol. The van der Waals surface area contributed by atoms with E-state index >= 15 is 0 Å². The van der Waals surface area contributed by atoms with Crippen molar-refractivity contribution in [3.8, 4) is 0 Å². The Balaban J connectivity index is 2.09. The van der Waals surface area contributed by atoms with Gasteiger partial charge in [-0.1, -0.05) is 28.9 Å². The fourth-order valence-corrected chi connectivity index (χ4v) is 2.46. The summed E-state index contributed by atoms with van der Waals surface area (Å²) in [6.07, 6.45) is 1.67. The molecule has 0 atom stereocenters. The van der Waals surface area contributed by atoms with Crippen LogP contribution in [0.15, 0.2) is 45.5 Å². The second-order valence-corrected chi connectivity index (χ2v) is 5.35. The lowest BCUT2D eigenvalue weighted by molar-refractivity contribution is 0.0697. The first-order valence-electron chi connectivity index (χ1n) is 6.36. The summed E-state index contributed by atoms with van der Waals surface area (Å²) in [6.45, 7) is 4.44. The summed E-state index contributed by atoms with van der Waals surface area (Å²) in [5.41, 5.74) is 1.35. The van der Waals surface area contributed by atoms with Crippen molar-refractivity contribution >= 4 is 21.9 Å². The van der Waals surface area contributed by atoms with E-state index in [1.807, 2.05) is 18.2 Å². The van der Waals surface area contributed by atoms with Gasteiger partial charge in [0.1, 0.15) is 5.76 Å². The van der Waals surface area contributed by atoms with E-state index in [1.165, 1.54) is 0 Å². The van der Waals surface area contributed by atoms with Crippen LogP contribution in [0.4, 0.5) is 0 Å². The van der Waals surface area contributed by atoms with Crippen LogP contribution in [0.2, 0.25) is 0 Å². The predicted molar refractivity (Wildman–Crippen MR) is 79.6 cm³/mol. The summed E-state index contributed by atoms with van der Waals surface area (Å²) in [5, 5.41) is 8.96. The Morgan fingerprint density at radius 1 is 1.35 bits per heavy atom. The van der Waals surface area contributed by atoms with Crippen molar-refractivity contribution in [1.29, 1.82) is 0 Å². The minimum atomic E-state index is -0.916. The van der Waals surface area contributed by atoms with Crippen LogP contribution in [-0.2, 0) is 13.1 Å². The number of hydrogen-bond acceptors (Lipinski definition) is 3. The monoisotopic (exact) mass is 337 g/mol. The molecule has 4 nitrogen and oxygen atoms in total. The highest BCUT2D eigenvalue weighted by Crippen LogP contribution is 2.21. The summed E-state index contributed by atoms with van der Waals surface area (Å²) >= 11 is 3.44. The van der Waals surface area contributed by atoms with E-state index in [4.69, 9.17) is 9.52 Å². The molecule has 5 heteroatoms. The standard InChI is InChI=1S/C15H16BrNO3/c1-2-17(10-13-4-3-7-20-13)9-12-6-5-11(15(18)19)8-14(12)16/h3-8H,2,9-10H2,1H3,(H,18,19). The Morgan fingerprint density at radius 3 is 2.70 bits per heavy atom. The molecule has 0 unspecified atom stereocenters. The molecule has 1 heterocycles. The average molecular weight is 338 g/mol. The summed E-state index contributed by atoms with van der Waals surface area (Å²) in [7, 11) is 0. The minimum absolute atomic E-state index is 0.287. The highest BCUT2D eigenvalue weighted by Gasteiger charge is 2.11. The predicted octanol–water partition coefficient (Wildman–Crippen LogP) is 3.76. The van der Waals surface area contributed by atoms with Gasteiger partial charge >= 0.3 is 5.97 Å². The van der Waals surface area contributed by atoms with Crippen LogP contribution in [0.5, 0.6) is 0 Å². The lowest BCUT2D eigenvalue weighted by Crippen LogP contribution is -2.22. The Morgan fingerprint density at radius 2 is 2.15 bits per heavy atom. The van der Waals surface area contributed by atoms with Gasteiger partial charge in [-0.25, -0.2) is 4.79 Å². The van der Waals surface area contributed by atoms with E-state index in [0.717, 1.165) is 35.4 Å². The number of benzene rings is 1. The van der Waals surface area contributed by atoms with Gasteiger partial charge in [-0.15, -0.1) is 0 Å². The van der Waals surface area contributed by atoms with Crippen molar-refractivity contribution in [2.45, 2.75) is 20.0 Å². The summed E-state index contributed by atoms with van der Waals surface area (Å²) in [6, 6.07) is 8.94. The molecule has 1 aromatic carbocycles. The third-order valence-corrected chi connectivity index (χ3v) is 3.84. The molecule has 0 aliphatic heterocycles. The normalized spacial score (nSPS) is 10.9. The lowest BCUT2D eigenvalue weighted by atomic mass is 10.1. The van der Waals surface area contributed by atoms with Crippen LogP contribution >= 0.6 is 15.9 Å². The van der Waals surface area contributed by atoms with Gasteiger partial charge in [-0.3, -0.25) is 4.90 Å². The Hall–Kier alpha value is -1.59. The van der Waals surface area contributed by atoms with Crippen LogP contribution in [0.1, 0.15) is 28.6 Å².